The monoisotopic (exact) mass is 412 g/mol. The number of hydrogen-bond acceptors (Lipinski definition) is 5. The minimum atomic E-state index is -0.824. The average molecular weight is 412 g/mol. The third-order valence-electron chi connectivity index (χ3n) is 5.70. The molecule has 1 aromatic carbocycles. The molecule has 7 heteroatoms. The molecule has 1 saturated carbocycles. The van der Waals surface area contributed by atoms with E-state index in [4.69, 9.17) is 4.74 Å². The number of esters is 1. The standard InChI is InChI=1S/C23H28N2O5/c1-3-14-24(21(27)16-8-6-5-7-9-16)19-15-20(26)25(22(19)28)18-12-10-17(11-13-18)23(29)30-4-2/h3,10-13,16,19H,1,4-9,14-15H2,2H3. The van der Waals surface area contributed by atoms with Gasteiger partial charge in [0.2, 0.25) is 11.8 Å². The Morgan fingerprint density at radius 2 is 1.83 bits per heavy atom. The van der Waals surface area contributed by atoms with Crippen molar-refractivity contribution in [1.82, 2.24) is 4.90 Å². The van der Waals surface area contributed by atoms with Crippen LogP contribution in [0.1, 0.15) is 55.8 Å². The fraction of sp³-hybridized carbons (Fsp3) is 0.478. The van der Waals surface area contributed by atoms with Crippen LogP contribution < -0.4 is 4.90 Å². The summed E-state index contributed by atoms with van der Waals surface area (Å²) in [6.45, 7) is 5.93. The zero-order valence-electron chi connectivity index (χ0n) is 17.3. The predicted octanol–water partition coefficient (Wildman–Crippen LogP) is 3.09. The second-order valence-corrected chi connectivity index (χ2v) is 7.67. The van der Waals surface area contributed by atoms with Gasteiger partial charge in [-0.15, -0.1) is 6.58 Å². The molecule has 0 N–H and O–H groups in total. The smallest absolute Gasteiger partial charge is 0.338 e. The molecule has 1 aromatic rings. The summed E-state index contributed by atoms with van der Waals surface area (Å²) in [5.41, 5.74) is 0.723. The first-order valence-corrected chi connectivity index (χ1v) is 10.5. The molecule has 0 radical (unpaired) electrons. The molecule has 1 saturated heterocycles. The molecule has 3 amide bonds. The molecule has 3 rings (SSSR count). The van der Waals surface area contributed by atoms with Crippen LogP contribution in [0.5, 0.6) is 0 Å². The highest BCUT2D eigenvalue weighted by molar-refractivity contribution is 6.23. The molecule has 0 aromatic heterocycles. The largest absolute Gasteiger partial charge is 0.462 e. The second kappa shape index (κ2) is 9.69. The van der Waals surface area contributed by atoms with Gasteiger partial charge in [-0.05, 0) is 44.0 Å². The van der Waals surface area contributed by atoms with Crippen molar-refractivity contribution in [3.8, 4) is 0 Å². The first-order chi connectivity index (χ1) is 14.5. The zero-order valence-corrected chi connectivity index (χ0v) is 17.3. The van der Waals surface area contributed by atoms with E-state index < -0.39 is 17.9 Å². The molecule has 7 nitrogen and oxygen atoms in total. The summed E-state index contributed by atoms with van der Waals surface area (Å²) >= 11 is 0. The lowest BCUT2D eigenvalue weighted by atomic mass is 9.88. The Balaban J connectivity index is 1.79. The molecule has 2 aliphatic rings. The van der Waals surface area contributed by atoms with Gasteiger partial charge in [0.1, 0.15) is 6.04 Å². The molecular weight excluding hydrogens is 384 g/mol. The third kappa shape index (κ3) is 4.45. The van der Waals surface area contributed by atoms with Crippen LogP contribution >= 0.6 is 0 Å². The topological polar surface area (TPSA) is 84.0 Å². The summed E-state index contributed by atoms with van der Waals surface area (Å²) in [7, 11) is 0. The zero-order chi connectivity index (χ0) is 21.7. The highest BCUT2D eigenvalue weighted by atomic mass is 16.5. The summed E-state index contributed by atoms with van der Waals surface area (Å²) in [6.07, 6.45) is 6.33. The number of carbonyl (C=O) groups excluding carboxylic acids is 4. The fourth-order valence-electron chi connectivity index (χ4n) is 4.19. The SMILES string of the molecule is C=CCN(C(=O)C1CCCCC1)C1CC(=O)N(c2ccc(C(=O)OCC)cc2)C1=O. The maximum absolute atomic E-state index is 13.1. The molecule has 1 atom stereocenters. The number of anilines is 1. The van der Waals surface area contributed by atoms with Crippen molar-refractivity contribution in [2.45, 2.75) is 51.5 Å². The molecule has 0 bridgehead atoms. The fourth-order valence-corrected chi connectivity index (χ4v) is 4.19. The lowest BCUT2D eigenvalue weighted by molar-refractivity contribution is -0.142. The molecule has 1 heterocycles. The van der Waals surface area contributed by atoms with Crippen molar-refractivity contribution < 1.29 is 23.9 Å². The first kappa shape index (κ1) is 21.7. The van der Waals surface area contributed by atoms with Crippen LogP contribution in [-0.2, 0) is 19.1 Å². The van der Waals surface area contributed by atoms with Gasteiger partial charge in [0.25, 0.3) is 5.91 Å². The van der Waals surface area contributed by atoms with E-state index in [9.17, 15) is 19.2 Å². The Labute approximate surface area is 176 Å². The van der Waals surface area contributed by atoms with Crippen molar-refractivity contribution >= 4 is 29.4 Å². The van der Waals surface area contributed by atoms with Gasteiger partial charge in [0.05, 0.1) is 24.3 Å². The van der Waals surface area contributed by atoms with Crippen molar-refractivity contribution in [2.75, 3.05) is 18.1 Å². The van der Waals surface area contributed by atoms with Gasteiger partial charge >= 0.3 is 5.97 Å². The lowest BCUT2D eigenvalue weighted by Gasteiger charge is -2.31. The number of hydrogen-bond donors (Lipinski definition) is 0. The van der Waals surface area contributed by atoms with Crippen LogP contribution in [0.25, 0.3) is 0 Å². The second-order valence-electron chi connectivity index (χ2n) is 7.67. The number of ether oxygens (including phenoxy) is 1. The van der Waals surface area contributed by atoms with Gasteiger partial charge in [-0.3, -0.25) is 14.4 Å². The van der Waals surface area contributed by atoms with E-state index in [0.29, 0.717) is 11.3 Å². The Morgan fingerprint density at radius 1 is 1.17 bits per heavy atom. The van der Waals surface area contributed by atoms with Crippen LogP contribution in [-0.4, -0.2) is 47.8 Å². The molecule has 160 valence electrons. The number of benzene rings is 1. The van der Waals surface area contributed by atoms with E-state index in [2.05, 4.69) is 6.58 Å². The predicted molar refractivity (Wildman–Crippen MR) is 112 cm³/mol. The molecule has 30 heavy (non-hydrogen) atoms. The average Bonchev–Trinajstić information content (AvgIpc) is 3.06. The Morgan fingerprint density at radius 3 is 2.43 bits per heavy atom. The molecule has 1 aliphatic heterocycles. The summed E-state index contributed by atoms with van der Waals surface area (Å²) in [6, 6.07) is 5.32. The normalized spacial score (nSPS) is 19.6. The van der Waals surface area contributed by atoms with E-state index >= 15 is 0 Å². The van der Waals surface area contributed by atoms with Gasteiger partial charge in [-0.2, -0.15) is 0 Å². The van der Waals surface area contributed by atoms with Crippen LogP contribution in [0.15, 0.2) is 36.9 Å². The molecule has 1 unspecified atom stereocenters. The summed E-state index contributed by atoms with van der Waals surface area (Å²) < 4.78 is 4.95. The van der Waals surface area contributed by atoms with E-state index in [-0.39, 0.29) is 37.3 Å². The van der Waals surface area contributed by atoms with Gasteiger partial charge in [0, 0.05) is 12.5 Å². The van der Waals surface area contributed by atoms with Crippen LogP contribution in [0.4, 0.5) is 5.69 Å². The maximum Gasteiger partial charge on any atom is 0.338 e. The number of nitrogens with zero attached hydrogens (tertiary/aromatic N) is 2. The van der Waals surface area contributed by atoms with Gasteiger partial charge in [-0.25, -0.2) is 9.69 Å². The van der Waals surface area contributed by atoms with E-state index in [0.717, 1.165) is 37.0 Å². The van der Waals surface area contributed by atoms with Gasteiger partial charge in [-0.1, -0.05) is 25.3 Å². The molecule has 2 fully saturated rings. The highest BCUT2D eigenvalue weighted by Gasteiger charge is 2.45. The third-order valence-corrected chi connectivity index (χ3v) is 5.70. The van der Waals surface area contributed by atoms with Crippen LogP contribution in [0.2, 0.25) is 0 Å². The summed E-state index contributed by atoms with van der Waals surface area (Å²) in [5, 5.41) is 0. The summed E-state index contributed by atoms with van der Waals surface area (Å²) in [5.74, 6) is -1.41. The van der Waals surface area contributed by atoms with Gasteiger partial charge < -0.3 is 9.64 Å². The van der Waals surface area contributed by atoms with Crippen LogP contribution in [0.3, 0.4) is 0 Å². The number of amides is 3. The highest BCUT2D eigenvalue weighted by Crippen LogP contribution is 2.30. The number of rotatable bonds is 7. The van der Waals surface area contributed by atoms with E-state index in [1.165, 1.54) is 17.0 Å². The Hall–Kier alpha value is -2.96. The summed E-state index contributed by atoms with van der Waals surface area (Å²) in [4.78, 5) is 53.3. The van der Waals surface area contributed by atoms with E-state index in [1.54, 1.807) is 25.1 Å². The minimum Gasteiger partial charge on any atom is -0.462 e. The van der Waals surface area contributed by atoms with Crippen molar-refractivity contribution in [2.24, 2.45) is 5.92 Å². The Kier molecular flexibility index (Phi) is 7.03. The Bertz CT molecular complexity index is 827. The maximum atomic E-state index is 13.1. The minimum absolute atomic E-state index is 0.0508. The van der Waals surface area contributed by atoms with Crippen molar-refractivity contribution in [1.29, 1.82) is 0 Å². The van der Waals surface area contributed by atoms with E-state index in [1.807, 2.05) is 0 Å². The number of imide groups is 1. The first-order valence-electron chi connectivity index (χ1n) is 10.5. The quantitative estimate of drug-likeness (QED) is 0.390. The van der Waals surface area contributed by atoms with Crippen molar-refractivity contribution in [3.05, 3.63) is 42.5 Å². The van der Waals surface area contributed by atoms with Gasteiger partial charge in [0.15, 0.2) is 0 Å². The van der Waals surface area contributed by atoms with Crippen molar-refractivity contribution in [3.63, 3.8) is 0 Å². The molecule has 1 aliphatic carbocycles. The molecular formula is C23H28N2O5. The molecule has 0 spiro atoms. The number of carbonyl (C=O) groups is 4. The van der Waals surface area contributed by atoms with Crippen LogP contribution in [0, 0.1) is 5.92 Å². The lowest BCUT2D eigenvalue weighted by Crippen LogP contribution is -2.48.